The number of H-pyrrole nitrogens is 1. The summed E-state index contributed by atoms with van der Waals surface area (Å²) in [4.78, 5) is 2.78. The van der Waals surface area contributed by atoms with Gasteiger partial charge in [0.2, 0.25) is 0 Å². The van der Waals surface area contributed by atoms with Crippen LogP contribution in [0.1, 0.15) is 11.8 Å². The second kappa shape index (κ2) is 8.72. The number of aliphatic hydroxyl groups excluding tert-OH is 1. The summed E-state index contributed by atoms with van der Waals surface area (Å²) in [6, 6.07) is 8.50. The lowest BCUT2D eigenvalue weighted by atomic mass is 10.1. The molecule has 146 valence electrons. The van der Waals surface area contributed by atoms with E-state index in [4.69, 9.17) is 38.2 Å². The Morgan fingerprint density at radius 3 is 2.78 bits per heavy atom. The molecule has 0 radical (unpaired) electrons. The first kappa shape index (κ1) is 20.3. The Labute approximate surface area is 165 Å². The van der Waals surface area contributed by atoms with Crippen molar-refractivity contribution in [1.29, 1.82) is 0 Å². The molecule has 1 fully saturated rings. The third kappa shape index (κ3) is 4.71. The largest absolute Gasteiger partial charge is 0.426 e. The lowest BCUT2D eigenvalue weighted by Gasteiger charge is -2.18. The SMILES string of the molecule is Cc1cn([C@H]2O[C@@H](CO[PH](=O)Oc3ccccc3)C(O)[C@H]2F)c(=S)[nH]c1=S. The van der Waals surface area contributed by atoms with Crippen molar-refractivity contribution in [2.45, 2.75) is 31.5 Å². The molecular formula is C16H18FN2O5PS2. The van der Waals surface area contributed by atoms with Crippen molar-refractivity contribution in [2.24, 2.45) is 0 Å². The zero-order valence-electron chi connectivity index (χ0n) is 14.2. The molecule has 5 atom stereocenters. The summed E-state index contributed by atoms with van der Waals surface area (Å²) >= 11 is 10.3. The number of rotatable bonds is 6. The first-order chi connectivity index (χ1) is 12.9. The predicted molar refractivity (Wildman–Crippen MR) is 102 cm³/mol. The van der Waals surface area contributed by atoms with Crippen molar-refractivity contribution in [3.05, 3.63) is 51.5 Å². The van der Waals surface area contributed by atoms with Crippen molar-refractivity contribution in [3.63, 3.8) is 0 Å². The number of alkyl halides is 1. The van der Waals surface area contributed by atoms with E-state index in [9.17, 15) is 14.1 Å². The molecule has 11 heteroatoms. The van der Waals surface area contributed by atoms with Gasteiger partial charge in [-0.05, 0) is 31.3 Å². The molecule has 0 saturated carbocycles. The lowest BCUT2D eigenvalue weighted by Crippen LogP contribution is -2.31. The minimum atomic E-state index is -2.88. The van der Waals surface area contributed by atoms with E-state index in [1.54, 1.807) is 43.5 Å². The van der Waals surface area contributed by atoms with Gasteiger partial charge in [-0.25, -0.2) is 8.96 Å². The van der Waals surface area contributed by atoms with Gasteiger partial charge in [0, 0.05) is 11.8 Å². The number of para-hydroxylation sites is 1. The van der Waals surface area contributed by atoms with Crippen molar-refractivity contribution < 1.29 is 27.8 Å². The number of nitrogens with one attached hydrogen (secondary N) is 1. The molecule has 3 rings (SSSR count). The topological polar surface area (TPSA) is 85.7 Å². The van der Waals surface area contributed by atoms with E-state index in [1.807, 2.05) is 0 Å². The molecule has 0 bridgehead atoms. The summed E-state index contributed by atoms with van der Waals surface area (Å²) in [5, 5.41) is 10.1. The molecule has 7 nitrogen and oxygen atoms in total. The minimum Gasteiger partial charge on any atom is -0.426 e. The monoisotopic (exact) mass is 432 g/mol. The smallest absolute Gasteiger partial charge is 0.367 e. The average Bonchev–Trinajstić information content (AvgIpc) is 2.92. The number of hydrogen-bond donors (Lipinski definition) is 2. The Morgan fingerprint density at radius 2 is 2.07 bits per heavy atom. The van der Waals surface area contributed by atoms with Gasteiger partial charge in [0.1, 0.15) is 22.6 Å². The van der Waals surface area contributed by atoms with Gasteiger partial charge in [-0.15, -0.1) is 0 Å². The molecule has 2 N–H and O–H groups in total. The molecule has 0 aliphatic carbocycles. The van der Waals surface area contributed by atoms with Crippen molar-refractivity contribution in [1.82, 2.24) is 9.55 Å². The summed E-state index contributed by atoms with van der Waals surface area (Å²) in [5.41, 5.74) is 0.685. The number of aryl methyl sites for hydroxylation is 1. The highest BCUT2D eigenvalue weighted by Crippen LogP contribution is 2.35. The van der Waals surface area contributed by atoms with Crippen LogP contribution in [0.4, 0.5) is 4.39 Å². The molecule has 27 heavy (non-hydrogen) atoms. The first-order valence-corrected chi connectivity index (χ1v) is 10.1. The Bertz CT molecular complexity index is 938. The minimum absolute atomic E-state index is 0.174. The molecule has 1 saturated heterocycles. The Morgan fingerprint density at radius 1 is 1.37 bits per heavy atom. The van der Waals surface area contributed by atoms with Crippen molar-refractivity contribution in [3.8, 4) is 5.75 Å². The molecule has 1 aromatic heterocycles. The van der Waals surface area contributed by atoms with Crippen LogP contribution >= 0.6 is 32.7 Å². The number of hydrogen-bond acceptors (Lipinski definition) is 7. The zero-order valence-corrected chi connectivity index (χ0v) is 16.8. The maximum atomic E-state index is 14.6. The van der Waals surface area contributed by atoms with E-state index in [1.165, 1.54) is 4.57 Å². The highest BCUT2D eigenvalue weighted by molar-refractivity contribution is 7.72. The summed E-state index contributed by atoms with van der Waals surface area (Å²) in [6.45, 7) is 1.45. The lowest BCUT2D eigenvalue weighted by molar-refractivity contribution is -0.0440. The molecule has 1 aromatic carbocycles. The van der Waals surface area contributed by atoms with E-state index in [2.05, 4.69) is 4.98 Å². The number of benzene rings is 1. The fourth-order valence-electron chi connectivity index (χ4n) is 2.60. The number of halogens is 1. The highest BCUT2D eigenvalue weighted by Gasteiger charge is 2.45. The maximum absolute atomic E-state index is 14.6. The third-order valence-electron chi connectivity index (χ3n) is 4.02. The Balaban J connectivity index is 1.65. The van der Waals surface area contributed by atoms with E-state index in [0.29, 0.717) is 16.0 Å². The Kier molecular flexibility index (Phi) is 6.56. The van der Waals surface area contributed by atoms with Crippen molar-refractivity contribution in [2.75, 3.05) is 6.61 Å². The van der Waals surface area contributed by atoms with Crippen LogP contribution in [0.2, 0.25) is 0 Å². The molecule has 1 aliphatic heterocycles. The van der Waals surface area contributed by atoms with Gasteiger partial charge < -0.3 is 19.4 Å². The average molecular weight is 432 g/mol. The molecule has 2 heterocycles. The van der Waals surface area contributed by atoms with Crippen LogP contribution in [0, 0.1) is 16.3 Å². The summed E-state index contributed by atoms with van der Waals surface area (Å²) in [6.07, 6.45) is -3.82. The third-order valence-corrected chi connectivity index (χ3v) is 5.57. The summed E-state index contributed by atoms with van der Waals surface area (Å²) in [5.74, 6) is 0.386. The van der Waals surface area contributed by atoms with Crippen LogP contribution in [0.5, 0.6) is 5.75 Å². The number of aromatic nitrogens is 2. The first-order valence-electron chi connectivity index (χ1n) is 8.06. The number of nitrogens with zero attached hydrogens (tertiary/aromatic N) is 1. The quantitative estimate of drug-likeness (QED) is 0.532. The molecule has 1 aliphatic rings. The van der Waals surface area contributed by atoms with Gasteiger partial charge in [0.05, 0.1) is 6.61 Å². The number of aromatic amines is 1. The van der Waals surface area contributed by atoms with E-state index < -0.39 is 32.9 Å². The molecule has 2 unspecified atom stereocenters. The van der Waals surface area contributed by atoms with Crippen LogP contribution in [0.25, 0.3) is 0 Å². The summed E-state index contributed by atoms with van der Waals surface area (Å²) in [7, 11) is -2.88. The summed E-state index contributed by atoms with van der Waals surface area (Å²) < 4.78 is 44.3. The van der Waals surface area contributed by atoms with Gasteiger partial charge in [-0.2, -0.15) is 0 Å². The van der Waals surface area contributed by atoms with Crippen LogP contribution in [-0.2, 0) is 13.8 Å². The van der Waals surface area contributed by atoms with Gasteiger partial charge in [0.25, 0.3) is 0 Å². The fraction of sp³-hybridized carbons (Fsp3) is 0.375. The van der Waals surface area contributed by atoms with Gasteiger partial charge in [-0.3, -0.25) is 9.09 Å². The van der Waals surface area contributed by atoms with Gasteiger partial charge in [0.15, 0.2) is 17.2 Å². The van der Waals surface area contributed by atoms with E-state index in [-0.39, 0.29) is 11.4 Å². The van der Waals surface area contributed by atoms with Crippen LogP contribution in [0.15, 0.2) is 36.5 Å². The van der Waals surface area contributed by atoms with Gasteiger partial charge >= 0.3 is 8.25 Å². The van der Waals surface area contributed by atoms with Crippen LogP contribution in [0.3, 0.4) is 0 Å². The standard InChI is InChI=1S/C16H18FN2O5PS2/c1-9-7-19(16(27)18-14(9)26)15-12(17)13(20)11(23-15)8-22-25(21)24-10-5-3-2-4-6-10/h2-7,11-13,15,20,25H,8H2,1H3,(H,18,26,27)/t11-,12+,13?,15-/m0/s1. The maximum Gasteiger partial charge on any atom is 0.367 e. The van der Waals surface area contributed by atoms with Crippen LogP contribution in [-0.4, -0.2) is 39.6 Å². The van der Waals surface area contributed by atoms with Gasteiger partial charge in [-0.1, -0.05) is 30.4 Å². The predicted octanol–water partition coefficient (Wildman–Crippen LogP) is 3.67. The highest BCUT2D eigenvalue weighted by atomic mass is 32.1. The van der Waals surface area contributed by atoms with E-state index in [0.717, 1.165) is 0 Å². The Hall–Kier alpha value is -1.42. The molecule has 0 amide bonds. The molecular weight excluding hydrogens is 414 g/mol. The molecule has 2 aromatic rings. The van der Waals surface area contributed by atoms with Crippen molar-refractivity contribution >= 4 is 32.7 Å². The zero-order chi connectivity index (χ0) is 19.6. The number of aliphatic hydroxyl groups is 1. The fourth-order valence-corrected chi connectivity index (χ4v) is 3.77. The second-order valence-electron chi connectivity index (χ2n) is 5.95. The molecule has 0 spiro atoms. The van der Waals surface area contributed by atoms with E-state index >= 15 is 0 Å². The second-order valence-corrected chi connectivity index (χ2v) is 7.74. The normalized spacial score (nSPS) is 26.0. The van der Waals surface area contributed by atoms with Crippen LogP contribution < -0.4 is 4.52 Å². The number of ether oxygens (including phenoxy) is 1.